The van der Waals surface area contributed by atoms with E-state index >= 15 is 0 Å². The third-order valence-electron chi connectivity index (χ3n) is 3.12. The molecule has 0 aromatic heterocycles. The molecule has 1 aromatic rings. The molecule has 2 rings (SSSR count). The highest BCUT2D eigenvalue weighted by atomic mass is 79.9. The van der Waals surface area contributed by atoms with Gasteiger partial charge in [-0.2, -0.15) is 0 Å². The first kappa shape index (κ1) is 13.8. The molecule has 1 aromatic carbocycles. The van der Waals surface area contributed by atoms with Crippen molar-refractivity contribution in [1.82, 2.24) is 0 Å². The summed E-state index contributed by atoms with van der Waals surface area (Å²) in [4.78, 5) is 2.24. The summed E-state index contributed by atoms with van der Waals surface area (Å²) in [5, 5.41) is 9.25. The van der Waals surface area contributed by atoms with Crippen LogP contribution >= 0.6 is 15.9 Å². The van der Waals surface area contributed by atoms with Gasteiger partial charge in [0.25, 0.3) is 0 Å². The maximum atomic E-state index is 9.25. The molecule has 0 aliphatic carbocycles. The van der Waals surface area contributed by atoms with E-state index in [9.17, 15) is 5.11 Å². The molecule has 1 aliphatic heterocycles. The molecule has 0 spiro atoms. The van der Waals surface area contributed by atoms with Gasteiger partial charge in [-0.05, 0) is 40.5 Å². The third-order valence-corrected chi connectivity index (χ3v) is 3.75. The van der Waals surface area contributed by atoms with Crippen LogP contribution in [0.2, 0.25) is 0 Å². The zero-order chi connectivity index (χ0) is 13.1. The lowest BCUT2D eigenvalue weighted by Gasteiger charge is -2.38. The van der Waals surface area contributed by atoms with Crippen LogP contribution in [0.5, 0.6) is 0 Å². The van der Waals surface area contributed by atoms with Crippen molar-refractivity contribution in [3.05, 3.63) is 28.2 Å². The largest absolute Gasteiger partial charge is 0.394 e. The van der Waals surface area contributed by atoms with E-state index in [1.54, 1.807) is 0 Å². The summed E-state index contributed by atoms with van der Waals surface area (Å²) in [5.74, 6) is 0. The molecule has 0 amide bonds. The number of anilines is 1. The number of halogens is 1. The predicted molar refractivity (Wildman–Crippen MR) is 75.7 cm³/mol. The number of ether oxygens (including phenoxy) is 1. The summed E-state index contributed by atoms with van der Waals surface area (Å²) in [6.07, 6.45) is 0.00631. The van der Waals surface area contributed by atoms with Crippen LogP contribution in [0.1, 0.15) is 12.5 Å². The van der Waals surface area contributed by atoms with Crippen molar-refractivity contribution < 1.29 is 9.84 Å². The molecule has 3 N–H and O–H groups in total. The Balaban J connectivity index is 2.19. The van der Waals surface area contributed by atoms with Gasteiger partial charge < -0.3 is 20.5 Å². The Labute approximate surface area is 116 Å². The number of rotatable bonds is 3. The lowest BCUT2D eigenvalue weighted by molar-refractivity contribution is -0.0421. The minimum Gasteiger partial charge on any atom is -0.394 e. The summed E-state index contributed by atoms with van der Waals surface area (Å²) in [5.41, 5.74) is 7.85. The Kier molecular flexibility index (Phi) is 4.61. The molecule has 1 fully saturated rings. The number of nitrogens with two attached hydrogens (primary N) is 1. The van der Waals surface area contributed by atoms with Gasteiger partial charge >= 0.3 is 0 Å². The van der Waals surface area contributed by atoms with Crippen molar-refractivity contribution in [1.29, 1.82) is 0 Å². The summed E-state index contributed by atoms with van der Waals surface area (Å²) in [7, 11) is 0. The van der Waals surface area contributed by atoms with Crippen LogP contribution in [0.3, 0.4) is 0 Å². The summed E-state index contributed by atoms with van der Waals surface area (Å²) < 4.78 is 6.68. The van der Waals surface area contributed by atoms with Crippen LogP contribution in [-0.2, 0) is 11.3 Å². The van der Waals surface area contributed by atoms with Gasteiger partial charge in [-0.1, -0.05) is 6.07 Å². The SMILES string of the molecule is CC1CN(c2ccc(CN)cc2Br)CC(CO)O1. The first-order valence-electron chi connectivity index (χ1n) is 6.13. The molecular formula is C13H19BrN2O2. The van der Waals surface area contributed by atoms with Gasteiger partial charge in [0.2, 0.25) is 0 Å². The third kappa shape index (κ3) is 3.03. The maximum Gasteiger partial charge on any atom is 0.0984 e. The minimum atomic E-state index is -0.116. The molecule has 1 saturated heterocycles. The van der Waals surface area contributed by atoms with Crippen LogP contribution in [0.25, 0.3) is 0 Å². The molecule has 2 unspecified atom stereocenters. The van der Waals surface area contributed by atoms with Crippen molar-refractivity contribution in [3.63, 3.8) is 0 Å². The molecule has 1 aliphatic rings. The fraction of sp³-hybridized carbons (Fsp3) is 0.538. The molecule has 0 radical (unpaired) electrons. The fourth-order valence-electron chi connectivity index (χ4n) is 2.28. The summed E-state index contributed by atoms with van der Waals surface area (Å²) in [6, 6.07) is 6.15. The van der Waals surface area contributed by atoms with Gasteiger partial charge in [-0.3, -0.25) is 0 Å². The average Bonchev–Trinajstić information content (AvgIpc) is 2.37. The quantitative estimate of drug-likeness (QED) is 0.887. The van der Waals surface area contributed by atoms with Crippen LogP contribution in [0.15, 0.2) is 22.7 Å². The highest BCUT2D eigenvalue weighted by Gasteiger charge is 2.25. The number of aliphatic hydroxyl groups is 1. The standard InChI is InChI=1S/C13H19BrN2O2/c1-9-6-16(7-11(8-17)18-9)13-3-2-10(5-15)4-12(13)14/h2-4,9,11,17H,5-8,15H2,1H3. The molecule has 2 atom stereocenters. The second-order valence-electron chi connectivity index (χ2n) is 4.65. The van der Waals surface area contributed by atoms with Gasteiger partial charge in [-0.25, -0.2) is 0 Å². The number of benzene rings is 1. The van der Waals surface area contributed by atoms with Gasteiger partial charge in [-0.15, -0.1) is 0 Å². The summed E-state index contributed by atoms with van der Waals surface area (Å²) in [6.45, 7) is 4.16. The predicted octanol–water partition coefficient (Wildman–Crippen LogP) is 1.49. The van der Waals surface area contributed by atoms with Crippen LogP contribution in [0, 0.1) is 0 Å². The van der Waals surface area contributed by atoms with Crippen molar-refractivity contribution in [2.24, 2.45) is 5.73 Å². The average molecular weight is 315 g/mol. The first-order valence-corrected chi connectivity index (χ1v) is 6.93. The van der Waals surface area contributed by atoms with Gasteiger partial charge in [0.1, 0.15) is 0 Å². The van der Waals surface area contributed by atoms with E-state index in [1.165, 1.54) is 0 Å². The Hall–Kier alpha value is -0.620. The first-order chi connectivity index (χ1) is 8.63. The van der Waals surface area contributed by atoms with Crippen molar-refractivity contribution in [2.45, 2.75) is 25.7 Å². The molecule has 5 heteroatoms. The molecule has 0 saturated carbocycles. The van der Waals surface area contributed by atoms with E-state index in [4.69, 9.17) is 10.5 Å². The zero-order valence-corrected chi connectivity index (χ0v) is 12.1. The van der Waals surface area contributed by atoms with Crippen LogP contribution in [-0.4, -0.2) is 37.0 Å². The van der Waals surface area contributed by atoms with E-state index in [0.29, 0.717) is 13.1 Å². The van der Waals surface area contributed by atoms with E-state index in [2.05, 4.69) is 26.9 Å². The lowest BCUT2D eigenvalue weighted by atomic mass is 10.1. The van der Waals surface area contributed by atoms with E-state index in [-0.39, 0.29) is 18.8 Å². The molecule has 4 nitrogen and oxygen atoms in total. The molecule has 1 heterocycles. The van der Waals surface area contributed by atoms with Gasteiger partial charge in [0, 0.05) is 24.1 Å². The number of morpholine rings is 1. The maximum absolute atomic E-state index is 9.25. The summed E-state index contributed by atoms with van der Waals surface area (Å²) >= 11 is 3.58. The van der Waals surface area contributed by atoms with E-state index in [0.717, 1.165) is 22.3 Å². The number of hydrogen-bond acceptors (Lipinski definition) is 4. The van der Waals surface area contributed by atoms with Gasteiger partial charge in [0.05, 0.1) is 24.5 Å². The van der Waals surface area contributed by atoms with Crippen LogP contribution in [0.4, 0.5) is 5.69 Å². The van der Waals surface area contributed by atoms with Crippen molar-refractivity contribution in [2.75, 3.05) is 24.6 Å². The fourth-order valence-corrected chi connectivity index (χ4v) is 2.95. The van der Waals surface area contributed by atoms with Crippen LogP contribution < -0.4 is 10.6 Å². The normalized spacial score (nSPS) is 24.3. The molecule has 100 valence electrons. The van der Waals surface area contributed by atoms with Gasteiger partial charge in [0.15, 0.2) is 0 Å². The Morgan fingerprint density at radius 2 is 2.28 bits per heavy atom. The number of nitrogens with zero attached hydrogens (tertiary/aromatic N) is 1. The second-order valence-corrected chi connectivity index (χ2v) is 5.50. The molecular weight excluding hydrogens is 296 g/mol. The Morgan fingerprint density at radius 1 is 1.50 bits per heavy atom. The lowest BCUT2D eigenvalue weighted by Crippen LogP contribution is -2.48. The van der Waals surface area contributed by atoms with Crippen molar-refractivity contribution in [3.8, 4) is 0 Å². The molecule has 18 heavy (non-hydrogen) atoms. The van der Waals surface area contributed by atoms with E-state index < -0.39 is 0 Å². The van der Waals surface area contributed by atoms with E-state index in [1.807, 2.05) is 19.1 Å². The smallest absolute Gasteiger partial charge is 0.0984 e. The Bertz CT molecular complexity index is 414. The van der Waals surface area contributed by atoms with Crippen molar-refractivity contribution >= 4 is 21.6 Å². The molecule has 0 bridgehead atoms. The highest BCUT2D eigenvalue weighted by molar-refractivity contribution is 9.10. The minimum absolute atomic E-state index is 0.0549. The number of aliphatic hydroxyl groups excluding tert-OH is 1. The highest BCUT2D eigenvalue weighted by Crippen LogP contribution is 2.29. The number of hydrogen-bond donors (Lipinski definition) is 2. The zero-order valence-electron chi connectivity index (χ0n) is 10.5. The topological polar surface area (TPSA) is 58.7 Å². The monoisotopic (exact) mass is 314 g/mol. The second kappa shape index (κ2) is 6.02. The Morgan fingerprint density at radius 3 is 2.89 bits per heavy atom.